The molecule has 2 aromatic rings. The fraction of sp³-hybridized carbons (Fsp3) is 0.583. The minimum absolute atomic E-state index is 0.0458. The van der Waals surface area contributed by atoms with E-state index in [1.807, 2.05) is 13.8 Å². The first-order valence-electron chi connectivity index (χ1n) is 6.82. The number of nitro groups is 1. The maximum atomic E-state index is 11.2. The van der Waals surface area contributed by atoms with Crippen LogP contribution in [-0.2, 0) is 6.54 Å². The van der Waals surface area contributed by atoms with Gasteiger partial charge in [-0.1, -0.05) is 5.21 Å². The van der Waals surface area contributed by atoms with E-state index in [0.717, 1.165) is 6.42 Å². The Bertz CT molecular complexity index is 603. The normalized spacial score (nSPS) is 11.0. The van der Waals surface area contributed by atoms with Crippen LogP contribution in [0.1, 0.15) is 32.0 Å². The fourth-order valence-corrected chi connectivity index (χ4v) is 2.10. The summed E-state index contributed by atoms with van der Waals surface area (Å²) in [6.45, 7) is 6.83. The Morgan fingerprint density at radius 1 is 1.48 bits per heavy atom. The molecule has 9 nitrogen and oxygen atoms in total. The van der Waals surface area contributed by atoms with Crippen LogP contribution in [0.4, 0.5) is 11.5 Å². The van der Waals surface area contributed by atoms with Crippen LogP contribution in [0.3, 0.4) is 0 Å². The van der Waals surface area contributed by atoms with Crippen LogP contribution in [0.5, 0.6) is 0 Å². The highest BCUT2D eigenvalue weighted by molar-refractivity contribution is 5.59. The van der Waals surface area contributed by atoms with Gasteiger partial charge in [0.05, 0.1) is 11.1 Å². The molecule has 0 fully saturated rings. The summed E-state index contributed by atoms with van der Waals surface area (Å²) in [5.41, 5.74) is 0.469. The highest BCUT2D eigenvalue weighted by Gasteiger charge is 2.25. The van der Waals surface area contributed by atoms with Gasteiger partial charge in [0.25, 0.3) is 0 Å². The van der Waals surface area contributed by atoms with Crippen molar-refractivity contribution in [3.8, 4) is 0 Å². The van der Waals surface area contributed by atoms with E-state index >= 15 is 0 Å². The molecule has 0 radical (unpaired) electrons. The van der Waals surface area contributed by atoms with Gasteiger partial charge in [-0.3, -0.25) is 14.8 Å². The van der Waals surface area contributed by atoms with Gasteiger partial charge in [0, 0.05) is 25.3 Å². The summed E-state index contributed by atoms with van der Waals surface area (Å²) in [5.74, 6) is 0.464. The van der Waals surface area contributed by atoms with Gasteiger partial charge in [-0.15, -0.1) is 5.10 Å². The molecule has 114 valence electrons. The van der Waals surface area contributed by atoms with Crippen LogP contribution in [0.2, 0.25) is 0 Å². The molecule has 2 rings (SSSR count). The minimum atomic E-state index is -0.388. The highest BCUT2D eigenvalue weighted by Crippen LogP contribution is 2.30. The molecule has 21 heavy (non-hydrogen) atoms. The molecular weight excluding hydrogens is 274 g/mol. The van der Waals surface area contributed by atoms with Crippen LogP contribution >= 0.6 is 0 Å². The highest BCUT2D eigenvalue weighted by atomic mass is 16.6. The zero-order valence-corrected chi connectivity index (χ0v) is 12.4. The number of hydrogen-bond acceptors (Lipinski definition) is 6. The van der Waals surface area contributed by atoms with Crippen molar-refractivity contribution in [2.75, 3.05) is 11.9 Å². The van der Waals surface area contributed by atoms with Crippen LogP contribution in [-0.4, -0.2) is 36.2 Å². The van der Waals surface area contributed by atoms with Crippen molar-refractivity contribution in [1.82, 2.24) is 24.8 Å². The molecule has 0 aromatic carbocycles. The average Bonchev–Trinajstić information content (AvgIpc) is 3.02. The number of nitrogens with zero attached hydrogens (tertiary/aromatic N) is 6. The maximum absolute atomic E-state index is 11.2. The largest absolute Gasteiger partial charge is 0.364 e. The molecule has 0 amide bonds. The standard InChI is InChI=1S/C12H19N7O2/c1-9(2)18-12(11(19(20)21)10(3)15-18)13-5-4-7-17-8-6-14-16-17/h6,8-9,13H,4-5,7H2,1-3H3. The van der Waals surface area contributed by atoms with Crippen molar-refractivity contribution in [3.63, 3.8) is 0 Å². The summed E-state index contributed by atoms with van der Waals surface area (Å²) < 4.78 is 3.38. The first kappa shape index (κ1) is 14.9. The monoisotopic (exact) mass is 293 g/mol. The number of nitrogens with one attached hydrogen (secondary N) is 1. The lowest BCUT2D eigenvalue weighted by molar-refractivity contribution is -0.384. The van der Waals surface area contributed by atoms with Gasteiger partial charge in [0.15, 0.2) is 0 Å². The van der Waals surface area contributed by atoms with Gasteiger partial charge in [-0.05, 0) is 27.2 Å². The topological polar surface area (TPSA) is 104 Å². The lowest BCUT2D eigenvalue weighted by Gasteiger charge is -2.11. The lowest BCUT2D eigenvalue weighted by atomic mass is 10.3. The number of hydrogen-bond donors (Lipinski definition) is 1. The molecule has 0 spiro atoms. The third-order valence-corrected chi connectivity index (χ3v) is 3.05. The van der Waals surface area contributed by atoms with Gasteiger partial charge in [0.2, 0.25) is 5.82 Å². The summed E-state index contributed by atoms with van der Waals surface area (Å²) in [6.07, 6.45) is 4.18. The van der Waals surface area contributed by atoms with E-state index in [9.17, 15) is 10.1 Å². The minimum Gasteiger partial charge on any atom is -0.364 e. The summed E-state index contributed by atoms with van der Waals surface area (Å²) in [5, 5.41) is 26.2. The lowest BCUT2D eigenvalue weighted by Crippen LogP contribution is -2.13. The van der Waals surface area contributed by atoms with Crippen molar-refractivity contribution < 1.29 is 4.92 Å². The molecule has 0 aliphatic rings. The Labute approximate surface area is 122 Å². The molecule has 0 saturated carbocycles. The van der Waals surface area contributed by atoms with Crippen molar-refractivity contribution in [3.05, 3.63) is 28.2 Å². The van der Waals surface area contributed by atoms with Crippen molar-refractivity contribution in [1.29, 1.82) is 0 Å². The van der Waals surface area contributed by atoms with Crippen molar-refractivity contribution in [2.45, 2.75) is 39.8 Å². The third-order valence-electron chi connectivity index (χ3n) is 3.05. The first-order chi connectivity index (χ1) is 10.0. The van der Waals surface area contributed by atoms with E-state index in [4.69, 9.17) is 0 Å². The second-order valence-corrected chi connectivity index (χ2v) is 5.02. The van der Waals surface area contributed by atoms with Gasteiger partial charge in [-0.2, -0.15) is 5.10 Å². The van der Waals surface area contributed by atoms with E-state index < -0.39 is 0 Å². The second kappa shape index (κ2) is 6.33. The van der Waals surface area contributed by atoms with Crippen molar-refractivity contribution in [2.24, 2.45) is 0 Å². The molecule has 0 bridgehead atoms. The zero-order chi connectivity index (χ0) is 15.4. The molecule has 9 heteroatoms. The van der Waals surface area contributed by atoms with Crippen LogP contribution in [0, 0.1) is 17.0 Å². The van der Waals surface area contributed by atoms with Gasteiger partial charge in [-0.25, -0.2) is 4.68 Å². The molecule has 1 N–H and O–H groups in total. The zero-order valence-electron chi connectivity index (χ0n) is 12.4. The number of rotatable bonds is 7. The quantitative estimate of drug-likeness (QED) is 0.474. The number of aryl methyl sites for hydroxylation is 2. The molecule has 2 heterocycles. The van der Waals surface area contributed by atoms with E-state index in [0.29, 0.717) is 24.6 Å². The molecule has 0 unspecified atom stereocenters. The van der Waals surface area contributed by atoms with E-state index in [-0.39, 0.29) is 16.7 Å². The molecule has 0 aliphatic carbocycles. The maximum Gasteiger partial charge on any atom is 0.333 e. The summed E-state index contributed by atoms with van der Waals surface area (Å²) in [4.78, 5) is 10.8. The molecular formula is C12H19N7O2. The Kier molecular flexibility index (Phi) is 4.51. The second-order valence-electron chi connectivity index (χ2n) is 5.02. The predicted molar refractivity (Wildman–Crippen MR) is 77.1 cm³/mol. The fourth-order valence-electron chi connectivity index (χ4n) is 2.10. The Morgan fingerprint density at radius 2 is 2.24 bits per heavy atom. The Balaban J connectivity index is 2.05. The summed E-state index contributed by atoms with van der Waals surface area (Å²) in [7, 11) is 0. The number of aromatic nitrogens is 5. The van der Waals surface area contributed by atoms with Crippen molar-refractivity contribution >= 4 is 11.5 Å². The van der Waals surface area contributed by atoms with Crippen LogP contribution in [0.25, 0.3) is 0 Å². The Morgan fingerprint density at radius 3 is 2.81 bits per heavy atom. The van der Waals surface area contributed by atoms with E-state index in [2.05, 4.69) is 20.7 Å². The molecule has 0 aliphatic heterocycles. The average molecular weight is 293 g/mol. The van der Waals surface area contributed by atoms with Crippen LogP contribution in [0.15, 0.2) is 12.4 Å². The molecule has 0 atom stereocenters. The van der Waals surface area contributed by atoms with Crippen LogP contribution < -0.4 is 5.32 Å². The first-order valence-corrected chi connectivity index (χ1v) is 6.82. The Hall–Kier alpha value is -2.45. The molecule has 2 aromatic heterocycles. The smallest absolute Gasteiger partial charge is 0.333 e. The van der Waals surface area contributed by atoms with E-state index in [1.165, 1.54) is 0 Å². The SMILES string of the molecule is Cc1nn(C(C)C)c(NCCCn2ccnn2)c1[N+](=O)[O-]. The van der Waals surface area contributed by atoms with Gasteiger partial charge >= 0.3 is 5.69 Å². The van der Waals surface area contributed by atoms with Gasteiger partial charge in [0.1, 0.15) is 5.69 Å². The number of anilines is 1. The predicted octanol–water partition coefficient (Wildman–Crippen LogP) is 1.77. The molecule has 0 saturated heterocycles. The van der Waals surface area contributed by atoms with E-state index in [1.54, 1.807) is 28.7 Å². The summed E-state index contributed by atoms with van der Waals surface area (Å²) >= 11 is 0. The van der Waals surface area contributed by atoms with Gasteiger partial charge < -0.3 is 5.32 Å². The third kappa shape index (κ3) is 3.36. The summed E-state index contributed by atoms with van der Waals surface area (Å²) in [6, 6.07) is 0.0511.